The van der Waals surface area contributed by atoms with Crippen molar-refractivity contribution < 1.29 is 28.5 Å². The number of benzene rings is 3. The van der Waals surface area contributed by atoms with Gasteiger partial charge in [0.15, 0.2) is 0 Å². The Balaban J connectivity index is 1.27. The Hall–Kier alpha value is -3.80. The van der Waals surface area contributed by atoms with Crippen LogP contribution in [0.3, 0.4) is 0 Å². The van der Waals surface area contributed by atoms with Crippen molar-refractivity contribution >= 4 is 11.9 Å². The van der Waals surface area contributed by atoms with E-state index >= 15 is 0 Å². The Bertz CT molecular complexity index is 1100. The Labute approximate surface area is 199 Å². The second-order valence-corrected chi connectivity index (χ2v) is 8.29. The second-order valence-electron chi connectivity index (χ2n) is 8.29. The van der Waals surface area contributed by atoms with Crippen molar-refractivity contribution in [1.82, 2.24) is 0 Å². The molecule has 0 spiro atoms. The zero-order valence-electron chi connectivity index (χ0n) is 19.4. The molecular weight excluding hydrogens is 432 g/mol. The molecule has 0 saturated heterocycles. The normalized spacial score (nSPS) is 17.5. The summed E-state index contributed by atoms with van der Waals surface area (Å²) in [6.45, 7) is 0. The SMILES string of the molecule is COc1ccc(C(=O)Oc2ccc(C3CCC(OC(=O)c4ccc(OC)cc4)CC3)cc2)cc1. The monoisotopic (exact) mass is 460 g/mol. The van der Waals surface area contributed by atoms with E-state index in [1.165, 1.54) is 5.56 Å². The summed E-state index contributed by atoms with van der Waals surface area (Å²) < 4.78 is 21.4. The quantitative estimate of drug-likeness (QED) is 0.328. The summed E-state index contributed by atoms with van der Waals surface area (Å²) in [6, 6.07) is 21.4. The van der Waals surface area contributed by atoms with E-state index in [2.05, 4.69) is 0 Å². The van der Waals surface area contributed by atoms with Gasteiger partial charge < -0.3 is 18.9 Å². The van der Waals surface area contributed by atoms with E-state index in [-0.39, 0.29) is 12.1 Å². The fourth-order valence-electron chi connectivity index (χ4n) is 4.16. The molecule has 0 aliphatic heterocycles. The summed E-state index contributed by atoms with van der Waals surface area (Å²) in [4.78, 5) is 24.8. The highest BCUT2D eigenvalue weighted by molar-refractivity contribution is 5.91. The summed E-state index contributed by atoms with van der Waals surface area (Å²) in [6.07, 6.45) is 3.44. The van der Waals surface area contributed by atoms with E-state index < -0.39 is 5.97 Å². The largest absolute Gasteiger partial charge is 0.497 e. The van der Waals surface area contributed by atoms with E-state index in [9.17, 15) is 9.59 Å². The van der Waals surface area contributed by atoms with Crippen LogP contribution in [0.5, 0.6) is 17.2 Å². The molecular formula is C28H28O6. The summed E-state index contributed by atoms with van der Waals surface area (Å²) in [5.74, 6) is 1.59. The minimum Gasteiger partial charge on any atom is -0.497 e. The van der Waals surface area contributed by atoms with Crippen molar-refractivity contribution in [3.63, 3.8) is 0 Å². The average molecular weight is 461 g/mol. The molecule has 6 nitrogen and oxygen atoms in total. The third-order valence-electron chi connectivity index (χ3n) is 6.16. The topological polar surface area (TPSA) is 71.1 Å². The first kappa shape index (κ1) is 23.4. The van der Waals surface area contributed by atoms with Crippen LogP contribution in [0.15, 0.2) is 72.8 Å². The van der Waals surface area contributed by atoms with Gasteiger partial charge in [-0.2, -0.15) is 0 Å². The summed E-state index contributed by atoms with van der Waals surface area (Å²) >= 11 is 0. The molecule has 34 heavy (non-hydrogen) atoms. The highest BCUT2D eigenvalue weighted by Gasteiger charge is 2.25. The molecule has 176 valence electrons. The Kier molecular flexibility index (Phi) is 7.48. The number of esters is 2. The molecule has 4 rings (SSSR count). The van der Waals surface area contributed by atoms with Crippen LogP contribution in [0.4, 0.5) is 0 Å². The molecule has 3 aromatic carbocycles. The number of carbonyl (C=O) groups excluding carboxylic acids is 2. The number of hydrogen-bond acceptors (Lipinski definition) is 6. The lowest BCUT2D eigenvalue weighted by Crippen LogP contribution is -2.24. The number of ether oxygens (including phenoxy) is 4. The lowest BCUT2D eigenvalue weighted by Gasteiger charge is -2.28. The molecule has 0 amide bonds. The third-order valence-corrected chi connectivity index (χ3v) is 6.16. The predicted octanol–water partition coefficient (Wildman–Crippen LogP) is 5.81. The summed E-state index contributed by atoms with van der Waals surface area (Å²) in [7, 11) is 3.17. The van der Waals surface area contributed by atoms with Crippen molar-refractivity contribution in [3.05, 3.63) is 89.5 Å². The molecule has 3 aromatic rings. The van der Waals surface area contributed by atoms with Crippen LogP contribution in [0.25, 0.3) is 0 Å². The molecule has 0 bridgehead atoms. The molecule has 1 fully saturated rings. The van der Waals surface area contributed by atoms with Gasteiger partial charge >= 0.3 is 11.9 Å². The summed E-state index contributed by atoms with van der Waals surface area (Å²) in [5, 5.41) is 0. The third kappa shape index (κ3) is 5.76. The zero-order valence-corrected chi connectivity index (χ0v) is 19.4. The van der Waals surface area contributed by atoms with Gasteiger partial charge in [0.1, 0.15) is 23.4 Å². The lowest BCUT2D eigenvalue weighted by molar-refractivity contribution is 0.0195. The molecule has 0 atom stereocenters. The number of carbonyl (C=O) groups is 2. The highest BCUT2D eigenvalue weighted by atomic mass is 16.5. The van der Waals surface area contributed by atoms with Crippen LogP contribution >= 0.6 is 0 Å². The first-order valence-electron chi connectivity index (χ1n) is 11.4. The molecule has 0 heterocycles. The maximum absolute atomic E-state index is 12.4. The first-order chi connectivity index (χ1) is 16.6. The average Bonchev–Trinajstić information content (AvgIpc) is 2.89. The molecule has 0 aromatic heterocycles. The molecule has 1 saturated carbocycles. The summed E-state index contributed by atoms with van der Waals surface area (Å²) in [5.41, 5.74) is 2.19. The molecule has 1 aliphatic rings. The molecule has 0 radical (unpaired) electrons. The maximum atomic E-state index is 12.4. The standard InChI is InChI=1S/C28H28O6/c1-31-23-11-7-21(8-12-23)27(29)33-25-15-3-19(4-16-25)20-5-17-26(18-6-20)34-28(30)22-9-13-24(32-2)14-10-22/h3-4,7-16,20,26H,5-6,17-18H2,1-2H3. The van der Waals surface area contributed by atoms with Crippen molar-refractivity contribution in [3.8, 4) is 17.2 Å². The fraction of sp³-hybridized carbons (Fsp3) is 0.286. The Morgan fingerprint density at radius 2 is 1.09 bits per heavy atom. The van der Waals surface area contributed by atoms with Crippen LogP contribution in [-0.2, 0) is 4.74 Å². The maximum Gasteiger partial charge on any atom is 0.343 e. The Morgan fingerprint density at radius 1 is 0.618 bits per heavy atom. The molecule has 0 N–H and O–H groups in total. The molecule has 1 aliphatic carbocycles. The van der Waals surface area contributed by atoms with E-state index in [0.717, 1.165) is 25.7 Å². The van der Waals surface area contributed by atoms with Crippen LogP contribution < -0.4 is 14.2 Å². The van der Waals surface area contributed by atoms with E-state index in [1.54, 1.807) is 62.8 Å². The smallest absolute Gasteiger partial charge is 0.343 e. The van der Waals surface area contributed by atoms with Gasteiger partial charge in [-0.05, 0) is 97.8 Å². The predicted molar refractivity (Wildman–Crippen MR) is 128 cm³/mol. The van der Waals surface area contributed by atoms with Crippen molar-refractivity contribution in [2.75, 3.05) is 14.2 Å². The number of hydrogen-bond donors (Lipinski definition) is 0. The highest BCUT2D eigenvalue weighted by Crippen LogP contribution is 2.35. The van der Waals surface area contributed by atoms with E-state index in [4.69, 9.17) is 18.9 Å². The van der Waals surface area contributed by atoms with Gasteiger partial charge in [-0.25, -0.2) is 9.59 Å². The van der Waals surface area contributed by atoms with Gasteiger partial charge in [-0.15, -0.1) is 0 Å². The first-order valence-corrected chi connectivity index (χ1v) is 11.4. The van der Waals surface area contributed by atoms with Gasteiger partial charge in [0, 0.05) is 0 Å². The minimum absolute atomic E-state index is 0.0735. The van der Waals surface area contributed by atoms with Gasteiger partial charge in [0.2, 0.25) is 0 Å². The number of methoxy groups -OCH3 is 2. The number of rotatable bonds is 7. The zero-order chi connectivity index (χ0) is 23.9. The van der Waals surface area contributed by atoms with Crippen LogP contribution in [-0.4, -0.2) is 32.3 Å². The van der Waals surface area contributed by atoms with Crippen molar-refractivity contribution in [2.45, 2.75) is 37.7 Å². The van der Waals surface area contributed by atoms with Crippen LogP contribution in [0.1, 0.15) is 57.9 Å². The minimum atomic E-state index is -0.408. The fourth-order valence-corrected chi connectivity index (χ4v) is 4.16. The van der Waals surface area contributed by atoms with Crippen molar-refractivity contribution in [1.29, 1.82) is 0 Å². The molecule has 0 unspecified atom stereocenters. The van der Waals surface area contributed by atoms with Gasteiger partial charge in [0.05, 0.1) is 25.3 Å². The Morgan fingerprint density at radius 3 is 1.59 bits per heavy atom. The van der Waals surface area contributed by atoms with Gasteiger partial charge in [0.25, 0.3) is 0 Å². The van der Waals surface area contributed by atoms with Crippen LogP contribution in [0, 0.1) is 0 Å². The van der Waals surface area contributed by atoms with Gasteiger partial charge in [-0.3, -0.25) is 0 Å². The second kappa shape index (κ2) is 10.9. The lowest BCUT2D eigenvalue weighted by atomic mass is 9.83. The van der Waals surface area contributed by atoms with Gasteiger partial charge in [-0.1, -0.05) is 12.1 Å². The molecule has 6 heteroatoms. The van der Waals surface area contributed by atoms with Crippen LogP contribution in [0.2, 0.25) is 0 Å². The van der Waals surface area contributed by atoms with E-state index in [1.807, 2.05) is 24.3 Å². The van der Waals surface area contributed by atoms with Crippen molar-refractivity contribution in [2.24, 2.45) is 0 Å². The van der Waals surface area contributed by atoms with E-state index in [0.29, 0.717) is 34.3 Å².